The van der Waals surface area contributed by atoms with Crippen molar-refractivity contribution in [2.75, 3.05) is 12.4 Å². The Hall–Kier alpha value is -2.31. The molecule has 2 aromatic carbocycles. The number of hydrogen-bond donors (Lipinski definition) is 1. The Labute approximate surface area is 155 Å². The molecule has 1 unspecified atom stereocenters. The molecule has 1 fully saturated rings. The molecule has 1 saturated heterocycles. The number of rotatable bonds is 4. The summed E-state index contributed by atoms with van der Waals surface area (Å²) in [6.07, 6.45) is 0.0775. The SMILES string of the molecule is CN1C(=O)C(CC(=O)Nc2cccc(Cl)c2)SC1=Nc1ccccc1. The lowest BCUT2D eigenvalue weighted by molar-refractivity contribution is -0.127. The molecule has 1 heterocycles. The molecule has 0 aromatic heterocycles. The van der Waals surface area contributed by atoms with Gasteiger partial charge in [0.1, 0.15) is 5.25 Å². The first-order valence-electron chi connectivity index (χ1n) is 7.66. The van der Waals surface area contributed by atoms with Crippen molar-refractivity contribution in [1.29, 1.82) is 0 Å². The van der Waals surface area contributed by atoms with Gasteiger partial charge in [0.05, 0.1) is 5.69 Å². The lowest BCUT2D eigenvalue weighted by Crippen LogP contribution is -2.30. The maximum atomic E-state index is 12.4. The van der Waals surface area contributed by atoms with Crippen molar-refractivity contribution in [3.63, 3.8) is 0 Å². The molecule has 0 saturated carbocycles. The number of carbonyl (C=O) groups excluding carboxylic acids is 2. The number of nitrogens with one attached hydrogen (secondary N) is 1. The van der Waals surface area contributed by atoms with Gasteiger partial charge in [-0.1, -0.05) is 47.6 Å². The van der Waals surface area contributed by atoms with Crippen LogP contribution >= 0.6 is 23.4 Å². The van der Waals surface area contributed by atoms with E-state index in [1.54, 1.807) is 31.3 Å². The summed E-state index contributed by atoms with van der Waals surface area (Å²) in [6, 6.07) is 16.3. The predicted molar refractivity (Wildman–Crippen MR) is 102 cm³/mol. The number of carbonyl (C=O) groups is 2. The van der Waals surface area contributed by atoms with E-state index in [1.165, 1.54) is 16.7 Å². The maximum Gasteiger partial charge on any atom is 0.242 e. The number of amides is 2. The summed E-state index contributed by atoms with van der Waals surface area (Å²) < 4.78 is 0. The topological polar surface area (TPSA) is 61.8 Å². The van der Waals surface area contributed by atoms with Gasteiger partial charge in [-0.25, -0.2) is 4.99 Å². The van der Waals surface area contributed by atoms with Crippen LogP contribution in [-0.4, -0.2) is 34.2 Å². The quantitative estimate of drug-likeness (QED) is 0.883. The summed E-state index contributed by atoms with van der Waals surface area (Å²) in [5.41, 5.74) is 1.38. The van der Waals surface area contributed by atoms with Crippen LogP contribution in [0.4, 0.5) is 11.4 Å². The molecule has 5 nitrogen and oxygen atoms in total. The first-order valence-corrected chi connectivity index (χ1v) is 8.92. The minimum atomic E-state index is -0.480. The summed E-state index contributed by atoms with van der Waals surface area (Å²) in [5, 5.41) is 3.42. The van der Waals surface area contributed by atoms with Crippen molar-refractivity contribution in [1.82, 2.24) is 4.90 Å². The highest BCUT2D eigenvalue weighted by atomic mass is 35.5. The number of anilines is 1. The van der Waals surface area contributed by atoms with Gasteiger partial charge in [0.25, 0.3) is 0 Å². The van der Waals surface area contributed by atoms with Crippen molar-refractivity contribution in [2.45, 2.75) is 11.7 Å². The highest BCUT2D eigenvalue weighted by molar-refractivity contribution is 8.15. The molecule has 128 valence electrons. The lowest BCUT2D eigenvalue weighted by atomic mass is 10.2. The van der Waals surface area contributed by atoms with E-state index < -0.39 is 5.25 Å². The zero-order chi connectivity index (χ0) is 17.8. The third-order valence-electron chi connectivity index (χ3n) is 3.60. The van der Waals surface area contributed by atoms with E-state index in [4.69, 9.17) is 11.6 Å². The Morgan fingerprint density at radius 2 is 2.00 bits per heavy atom. The second kappa shape index (κ2) is 7.72. The Kier molecular flexibility index (Phi) is 5.40. The van der Waals surface area contributed by atoms with Crippen LogP contribution in [0.2, 0.25) is 5.02 Å². The van der Waals surface area contributed by atoms with Crippen LogP contribution in [0.15, 0.2) is 59.6 Å². The van der Waals surface area contributed by atoms with Crippen LogP contribution in [0.5, 0.6) is 0 Å². The Morgan fingerprint density at radius 1 is 1.24 bits per heavy atom. The molecule has 0 aliphatic carbocycles. The Bertz CT molecular complexity index is 826. The molecular weight excluding hydrogens is 358 g/mol. The van der Waals surface area contributed by atoms with Crippen molar-refractivity contribution >= 4 is 51.7 Å². The zero-order valence-electron chi connectivity index (χ0n) is 13.5. The lowest BCUT2D eigenvalue weighted by Gasteiger charge is -2.09. The van der Waals surface area contributed by atoms with Gasteiger partial charge in [0, 0.05) is 24.2 Å². The van der Waals surface area contributed by atoms with E-state index in [0.717, 1.165) is 5.69 Å². The van der Waals surface area contributed by atoms with Gasteiger partial charge >= 0.3 is 0 Å². The minimum absolute atomic E-state index is 0.0775. The summed E-state index contributed by atoms with van der Waals surface area (Å²) in [4.78, 5) is 30.6. The van der Waals surface area contributed by atoms with E-state index in [2.05, 4.69) is 10.3 Å². The van der Waals surface area contributed by atoms with Crippen LogP contribution in [-0.2, 0) is 9.59 Å². The van der Waals surface area contributed by atoms with E-state index in [1.807, 2.05) is 30.3 Å². The fourth-order valence-electron chi connectivity index (χ4n) is 2.36. The fraction of sp³-hybridized carbons (Fsp3) is 0.167. The van der Waals surface area contributed by atoms with Gasteiger partial charge in [-0.05, 0) is 30.3 Å². The predicted octanol–water partition coefficient (Wildman–Crippen LogP) is 3.93. The fourth-order valence-corrected chi connectivity index (χ4v) is 3.70. The van der Waals surface area contributed by atoms with Crippen LogP contribution < -0.4 is 5.32 Å². The average Bonchev–Trinajstić information content (AvgIpc) is 2.84. The minimum Gasteiger partial charge on any atom is -0.326 e. The summed E-state index contributed by atoms with van der Waals surface area (Å²) in [6.45, 7) is 0. The first kappa shape index (κ1) is 17.5. The van der Waals surface area contributed by atoms with Gasteiger partial charge in [-0.3, -0.25) is 14.5 Å². The molecule has 2 amide bonds. The summed E-state index contributed by atoms with van der Waals surface area (Å²) in [5.74, 6) is -0.358. The first-order chi connectivity index (χ1) is 12.0. The molecule has 0 spiro atoms. The van der Waals surface area contributed by atoms with Gasteiger partial charge in [0.15, 0.2) is 5.17 Å². The summed E-state index contributed by atoms with van der Waals surface area (Å²) in [7, 11) is 1.67. The second-order valence-electron chi connectivity index (χ2n) is 5.50. The Balaban J connectivity index is 1.66. The number of para-hydroxylation sites is 1. The average molecular weight is 374 g/mol. The number of hydrogen-bond acceptors (Lipinski definition) is 4. The Morgan fingerprint density at radius 3 is 2.72 bits per heavy atom. The van der Waals surface area contributed by atoms with Crippen LogP contribution in [0.3, 0.4) is 0 Å². The summed E-state index contributed by atoms with van der Waals surface area (Å²) >= 11 is 7.21. The van der Waals surface area contributed by atoms with Gasteiger partial charge < -0.3 is 5.32 Å². The van der Waals surface area contributed by atoms with Crippen molar-refractivity contribution in [3.8, 4) is 0 Å². The van der Waals surface area contributed by atoms with Gasteiger partial charge in [-0.2, -0.15) is 0 Å². The number of amidine groups is 1. The standard InChI is InChI=1S/C18H16ClN3O2S/c1-22-17(24)15(25-18(22)21-13-7-3-2-4-8-13)11-16(23)20-14-9-5-6-12(19)10-14/h2-10,15H,11H2,1H3,(H,20,23). The third kappa shape index (κ3) is 4.41. The van der Waals surface area contributed by atoms with E-state index in [-0.39, 0.29) is 18.2 Å². The molecule has 1 aliphatic heterocycles. The van der Waals surface area contributed by atoms with E-state index in [0.29, 0.717) is 15.9 Å². The van der Waals surface area contributed by atoms with Crippen molar-refractivity contribution in [3.05, 3.63) is 59.6 Å². The van der Waals surface area contributed by atoms with Crippen LogP contribution in [0, 0.1) is 0 Å². The smallest absolute Gasteiger partial charge is 0.242 e. The number of aliphatic imine (C=N–C) groups is 1. The zero-order valence-corrected chi connectivity index (χ0v) is 15.1. The third-order valence-corrected chi connectivity index (χ3v) is 5.06. The van der Waals surface area contributed by atoms with Crippen LogP contribution in [0.1, 0.15) is 6.42 Å². The molecule has 0 bridgehead atoms. The molecule has 7 heteroatoms. The molecule has 1 atom stereocenters. The molecular formula is C18H16ClN3O2S. The normalized spacial score (nSPS) is 18.6. The number of halogens is 1. The molecule has 25 heavy (non-hydrogen) atoms. The number of benzene rings is 2. The molecule has 0 radical (unpaired) electrons. The molecule has 1 aliphatic rings. The molecule has 3 rings (SSSR count). The largest absolute Gasteiger partial charge is 0.326 e. The van der Waals surface area contributed by atoms with Crippen molar-refractivity contribution in [2.24, 2.45) is 4.99 Å². The van der Waals surface area contributed by atoms with E-state index >= 15 is 0 Å². The van der Waals surface area contributed by atoms with Crippen LogP contribution in [0.25, 0.3) is 0 Å². The molecule has 2 aromatic rings. The van der Waals surface area contributed by atoms with Gasteiger partial charge in [-0.15, -0.1) is 0 Å². The highest BCUT2D eigenvalue weighted by Gasteiger charge is 2.36. The molecule has 1 N–H and O–H groups in total. The highest BCUT2D eigenvalue weighted by Crippen LogP contribution is 2.30. The maximum absolute atomic E-state index is 12.4. The van der Waals surface area contributed by atoms with Crippen molar-refractivity contribution < 1.29 is 9.59 Å². The monoisotopic (exact) mass is 373 g/mol. The second-order valence-corrected chi connectivity index (χ2v) is 7.10. The number of nitrogens with zero attached hydrogens (tertiary/aromatic N) is 2. The van der Waals surface area contributed by atoms with E-state index in [9.17, 15) is 9.59 Å². The van der Waals surface area contributed by atoms with Gasteiger partial charge in [0.2, 0.25) is 11.8 Å². The number of thioether (sulfide) groups is 1.